The zero-order chi connectivity index (χ0) is 17.3. The fourth-order valence-electron chi connectivity index (χ4n) is 2.05. The second kappa shape index (κ2) is 6.43. The van der Waals surface area contributed by atoms with E-state index in [0.717, 1.165) is 0 Å². The second-order valence-electron chi connectivity index (χ2n) is 4.82. The van der Waals surface area contributed by atoms with E-state index in [0.29, 0.717) is 21.2 Å². The number of hydrogen-bond donors (Lipinski definition) is 0. The van der Waals surface area contributed by atoms with Crippen LogP contribution < -0.4 is 0 Å². The van der Waals surface area contributed by atoms with E-state index in [1.807, 2.05) is 0 Å². The van der Waals surface area contributed by atoms with Gasteiger partial charge in [-0.2, -0.15) is 0 Å². The van der Waals surface area contributed by atoms with Crippen LogP contribution in [0.4, 0.5) is 5.69 Å². The minimum Gasteiger partial charge on any atom is -0.402 e. The predicted molar refractivity (Wildman–Crippen MR) is 90.2 cm³/mol. The number of nitro benzene ring substituents is 1. The number of carbonyl (C=O) groups is 1. The van der Waals surface area contributed by atoms with E-state index in [1.54, 1.807) is 24.3 Å². The molecule has 0 aliphatic carbocycles. The molecule has 0 saturated carbocycles. The molecule has 3 rings (SSSR count). The third kappa shape index (κ3) is 3.29. The molecule has 0 fully saturated rings. The lowest BCUT2D eigenvalue weighted by molar-refractivity contribution is -0.384. The van der Waals surface area contributed by atoms with Crippen LogP contribution in [-0.4, -0.2) is 16.8 Å². The predicted octanol–water partition coefficient (Wildman–Crippen LogP) is 4.25. The Kier molecular flexibility index (Phi) is 4.33. The van der Waals surface area contributed by atoms with Gasteiger partial charge in [-0.3, -0.25) is 10.1 Å². The van der Waals surface area contributed by atoms with Crippen molar-refractivity contribution in [1.82, 2.24) is 0 Å². The number of nitro groups is 1. The molecule has 0 amide bonds. The molecule has 0 bridgehead atoms. The molecular formula is C16H8Cl2N2O4. The highest BCUT2D eigenvalue weighted by Gasteiger charge is 2.25. The van der Waals surface area contributed by atoms with Crippen molar-refractivity contribution in [3.8, 4) is 0 Å². The fourth-order valence-corrected chi connectivity index (χ4v) is 2.35. The first kappa shape index (κ1) is 16.2. The van der Waals surface area contributed by atoms with Gasteiger partial charge in [-0.05, 0) is 29.8 Å². The fraction of sp³-hybridized carbons (Fsp3) is 0. The summed E-state index contributed by atoms with van der Waals surface area (Å²) in [6.45, 7) is 0. The minimum absolute atomic E-state index is 0.00927. The van der Waals surface area contributed by atoms with Crippen LogP contribution in [0.2, 0.25) is 10.0 Å². The highest BCUT2D eigenvalue weighted by molar-refractivity contribution is 6.42. The highest BCUT2D eigenvalue weighted by Crippen LogP contribution is 2.26. The van der Waals surface area contributed by atoms with Gasteiger partial charge in [0.25, 0.3) is 5.69 Å². The van der Waals surface area contributed by atoms with Gasteiger partial charge in [-0.1, -0.05) is 35.3 Å². The van der Waals surface area contributed by atoms with E-state index >= 15 is 0 Å². The lowest BCUT2D eigenvalue weighted by Crippen LogP contribution is -2.05. The number of carbonyl (C=O) groups excluding carboxylic acids is 1. The molecule has 0 spiro atoms. The topological polar surface area (TPSA) is 81.8 Å². The van der Waals surface area contributed by atoms with Crippen LogP contribution >= 0.6 is 23.2 Å². The smallest absolute Gasteiger partial charge is 0.363 e. The molecule has 120 valence electrons. The summed E-state index contributed by atoms with van der Waals surface area (Å²) in [5.74, 6) is -0.641. The van der Waals surface area contributed by atoms with Gasteiger partial charge in [0.2, 0.25) is 5.90 Å². The lowest BCUT2D eigenvalue weighted by Gasteiger charge is -1.98. The van der Waals surface area contributed by atoms with E-state index in [9.17, 15) is 14.9 Å². The van der Waals surface area contributed by atoms with Gasteiger partial charge in [-0.15, -0.1) is 0 Å². The van der Waals surface area contributed by atoms with Crippen LogP contribution in [-0.2, 0) is 9.53 Å². The normalized spacial score (nSPS) is 15.3. The van der Waals surface area contributed by atoms with E-state index in [-0.39, 0.29) is 17.3 Å². The summed E-state index contributed by atoms with van der Waals surface area (Å²) in [5, 5.41) is 11.6. The van der Waals surface area contributed by atoms with Gasteiger partial charge in [0.1, 0.15) is 0 Å². The maximum Gasteiger partial charge on any atom is 0.363 e. The summed E-state index contributed by atoms with van der Waals surface area (Å²) >= 11 is 11.8. The van der Waals surface area contributed by atoms with Crippen LogP contribution in [0.15, 0.2) is 53.2 Å². The molecule has 0 radical (unpaired) electrons. The molecule has 0 N–H and O–H groups in total. The number of aliphatic imine (C=N–C) groups is 1. The maximum atomic E-state index is 11.9. The van der Waals surface area contributed by atoms with Crippen LogP contribution in [0.3, 0.4) is 0 Å². The summed E-state index contributed by atoms with van der Waals surface area (Å²) in [4.78, 5) is 26.3. The Morgan fingerprint density at radius 2 is 1.92 bits per heavy atom. The van der Waals surface area contributed by atoms with Crippen LogP contribution in [0.1, 0.15) is 11.1 Å². The van der Waals surface area contributed by atoms with Crippen molar-refractivity contribution in [2.75, 3.05) is 0 Å². The summed E-state index contributed by atoms with van der Waals surface area (Å²) < 4.78 is 5.08. The molecule has 2 aromatic carbocycles. The van der Waals surface area contributed by atoms with Crippen molar-refractivity contribution in [3.05, 3.63) is 79.4 Å². The number of esters is 1. The third-order valence-electron chi connectivity index (χ3n) is 3.17. The van der Waals surface area contributed by atoms with Gasteiger partial charge in [0.15, 0.2) is 5.70 Å². The average molecular weight is 363 g/mol. The number of rotatable bonds is 3. The van der Waals surface area contributed by atoms with Crippen LogP contribution in [0.25, 0.3) is 6.08 Å². The minimum atomic E-state index is -0.650. The molecule has 8 heteroatoms. The molecule has 0 unspecified atom stereocenters. The van der Waals surface area contributed by atoms with Crippen molar-refractivity contribution in [2.45, 2.75) is 0 Å². The monoisotopic (exact) mass is 362 g/mol. The van der Waals surface area contributed by atoms with Crippen molar-refractivity contribution < 1.29 is 14.5 Å². The van der Waals surface area contributed by atoms with Crippen LogP contribution in [0.5, 0.6) is 0 Å². The Balaban J connectivity index is 1.95. The first-order chi connectivity index (χ1) is 11.4. The van der Waals surface area contributed by atoms with E-state index in [2.05, 4.69) is 4.99 Å². The van der Waals surface area contributed by atoms with Gasteiger partial charge >= 0.3 is 5.97 Å². The van der Waals surface area contributed by atoms with Gasteiger partial charge in [-0.25, -0.2) is 9.79 Å². The van der Waals surface area contributed by atoms with E-state index < -0.39 is 10.9 Å². The Morgan fingerprint density at radius 1 is 1.12 bits per heavy atom. The highest BCUT2D eigenvalue weighted by atomic mass is 35.5. The summed E-state index contributed by atoms with van der Waals surface area (Å²) in [5.41, 5.74) is 0.915. The van der Waals surface area contributed by atoms with Crippen LogP contribution in [0, 0.1) is 10.1 Å². The SMILES string of the molecule is O=C1OC(c2cccc([N+](=O)[O-])c2)=N/C1=C\c1ccc(Cl)c(Cl)c1. The molecule has 2 aromatic rings. The molecule has 1 aliphatic rings. The quantitative estimate of drug-likeness (QED) is 0.353. The number of benzene rings is 2. The zero-order valence-corrected chi connectivity index (χ0v) is 13.4. The number of hydrogen-bond acceptors (Lipinski definition) is 5. The van der Waals surface area contributed by atoms with Gasteiger partial charge in [0, 0.05) is 17.7 Å². The first-order valence-corrected chi connectivity index (χ1v) is 7.42. The zero-order valence-electron chi connectivity index (χ0n) is 11.9. The molecule has 0 saturated heterocycles. The molecular weight excluding hydrogens is 355 g/mol. The summed E-state index contributed by atoms with van der Waals surface area (Å²) in [6.07, 6.45) is 1.49. The Morgan fingerprint density at radius 3 is 2.62 bits per heavy atom. The third-order valence-corrected chi connectivity index (χ3v) is 3.91. The van der Waals surface area contributed by atoms with Crippen molar-refractivity contribution in [3.63, 3.8) is 0 Å². The Labute approximate surface area is 146 Å². The average Bonchev–Trinajstić information content (AvgIpc) is 2.92. The molecule has 1 heterocycles. The molecule has 6 nitrogen and oxygen atoms in total. The largest absolute Gasteiger partial charge is 0.402 e. The Bertz CT molecular complexity index is 922. The van der Waals surface area contributed by atoms with Gasteiger partial charge < -0.3 is 4.74 Å². The number of nitrogens with zero attached hydrogens (tertiary/aromatic N) is 2. The van der Waals surface area contributed by atoms with E-state index in [4.69, 9.17) is 27.9 Å². The number of cyclic esters (lactones) is 1. The van der Waals surface area contributed by atoms with E-state index in [1.165, 1.54) is 24.3 Å². The summed E-state index contributed by atoms with van der Waals surface area (Å²) in [6, 6.07) is 10.6. The number of non-ortho nitro benzene ring substituents is 1. The lowest BCUT2D eigenvalue weighted by atomic mass is 10.2. The summed E-state index contributed by atoms with van der Waals surface area (Å²) in [7, 11) is 0. The maximum absolute atomic E-state index is 11.9. The standard InChI is InChI=1S/C16H8Cl2N2O4/c17-12-5-4-9(6-13(12)18)7-14-16(21)24-15(19-14)10-2-1-3-11(8-10)20(22)23/h1-8H/b14-7-. The molecule has 24 heavy (non-hydrogen) atoms. The van der Waals surface area contributed by atoms with Crippen molar-refractivity contribution in [1.29, 1.82) is 0 Å². The van der Waals surface area contributed by atoms with Gasteiger partial charge in [0.05, 0.1) is 15.0 Å². The molecule has 1 aliphatic heterocycles. The number of halogens is 2. The van der Waals surface area contributed by atoms with Crippen molar-refractivity contribution in [2.24, 2.45) is 4.99 Å². The number of ether oxygens (including phenoxy) is 1. The van der Waals surface area contributed by atoms with Crippen molar-refractivity contribution >= 4 is 46.8 Å². The molecule has 0 atom stereocenters. The Hall–Kier alpha value is -2.70. The second-order valence-corrected chi connectivity index (χ2v) is 5.63. The first-order valence-electron chi connectivity index (χ1n) is 6.66. The molecule has 0 aromatic heterocycles.